The molecule has 0 bridgehead atoms. The molecule has 0 unspecified atom stereocenters. The molecule has 1 saturated heterocycles. The van der Waals surface area contributed by atoms with E-state index in [1.807, 2.05) is 59.7 Å². The lowest BCUT2D eigenvalue weighted by molar-refractivity contribution is 0.0738. The number of hydrogen-bond acceptors (Lipinski definition) is 5. The normalized spacial score (nSPS) is 14.5. The monoisotopic (exact) mass is 379 g/mol. The number of ether oxygens (including phenoxy) is 1. The van der Waals surface area contributed by atoms with Crippen LogP contribution in [0.3, 0.4) is 0 Å². The highest BCUT2D eigenvalue weighted by Crippen LogP contribution is 2.24. The van der Waals surface area contributed by atoms with Gasteiger partial charge in [0.05, 0.1) is 12.3 Å². The Morgan fingerprint density at radius 3 is 2.61 bits per heavy atom. The molecule has 0 N–H and O–H groups in total. The van der Waals surface area contributed by atoms with Crippen molar-refractivity contribution >= 4 is 17.4 Å². The van der Waals surface area contributed by atoms with Gasteiger partial charge in [-0.15, -0.1) is 0 Å². The van der Waals surface area contributed by atoms with Gasteiger partial charge in [0.2, 0.25) is 0 Å². The zero-order valence-corrected chi connectivity index (χ0v) is 16.3. The zero-order chi connectivity index (χ0) is 19.5. The van der Waals surface area contributed by atoms with Crippen LogP contribution in [0.25, 0.3) is 5.65 Å². The molecule has 0 aliphatic carbocycles. The quantitative estimate of drug-likeness (QED) is 0.682. The number of piperazine rings is 1. The van der Waals surface area contributed by atoms with E-state index in [2.05, 4.69) is 9.88 Å². The van der Waals surface area contributed by atoms with E-state index < -0.39 is 0 Å². The summed E-state index contributed by atoms with van der Waals surface area (Å²) < 4.78 is 7.57. The second-order valence-electron chi connectivity index (χ2n) is 6.73. The molecule has 0 saturated carbocycles. The zero-order valence-electron chi connectivity index (χ0n) is 16.3. The molecule has 1 aliphatic heterocycles. The maximum absolute atomic E-state index is 13.4. The van der Waals surface area contributed by atoms with Crippen LogP contribution in [0.2, 0.25) is 0 Å². The van der Waals surface area contributed by atoms with E-state index in [1.54, 1.807) is 6.20 Å². The second-order valence-corrected chi connectivity index (χ2v) is 6.73. The largest absolute Gasteiger partial charge is 0.490 e. The van der Waals surface area contributed by atoms with Crippen LogP contribution in [0.5, 0.6) is 5.75 Å². The number of hydrogen-bond donors (Lipinski definition) is 0. The van der Waals surface area contributed by atoms with Gasteiger partial charge in [-0.3, -0.25) is 9.20 Å². The van der Waals surface area contributed by atoms with Crippen LogP contribution in [0.1, 0.15) is 30.0 Å². The van der Waals surface area contributed by atoms with E-state index in [1.165, 1.54) is 0 Å². The molecule has 3 aromatic rings. The van der Waals surface area contributed by atoms with Crippen LogP contribution in [-0.4, -0.2) is 58.0 Å². The average Bonchev–Trinajstić information content (AvgIpc) is 3.14. The van der Waals surface area contributed by atoms with Gasteiger partial charge >= 0.3 is 0 Å². The Bertz CT molecular complexity index is 962. The van der Waals surface area contributed by atoms with Crippen molar-refractivity contribution < 1.29 is 9.53 Å². The van der Waals surface area contributed by atoms with Crippen LogP contribution in [0, 0.1) is 0 Å². The van der Waals surface area contributed by atoms with Crippen LogP contribution >= 0.6 is 0 Å². The fourth-order valence-electron chi connectivity index (χ4n) is 3.66. The maximum Gasteiger partial charge on any atom is 0.272 e. The molecule has 1 aliphatic rings. The van der Waals surface area contributed by atoms with E-state index in [4.69, 9.17) is 9.72 Å². The van der Waals surface area contributed by atoms with Gasteiger partial charge < -0.3 is 14.5 Å². The molecule has 1 fully saturated rings. The molecular formula is C21H25N5O2. The first kappa shape index (κ1) is 18.3. The topological polar surface area (TPSA) is 63.0 Å². The van der Waals surface area contributed by atoms with Crippen molar-refractivity contribution in [1.82, 2.24) is 19.3 Å². The van der Waals surface area contributed by atoms with Gasteiger partial charge in [-0.25, -0.2) is 9.97 Å². The number of pyridine rings is 2. The number of anilines is 1. The Morgan fingerprint density at radius 1 is 1.11 bits per heavy atom. The average molecular weight is 379 g/mol. The number of rotatable bonds is 5. The molecule has 0 radical (unpaired) electrons. The minimum Gasteiger partial charge on any atom is -0.490 e. The molecule has 0 spiro atoms. The summed E-state index contributed by atoms with van der Waals surface area (Å²) in [6, 6.07) is 9.70. The molecule has 7 nitrogen and oxygen atoms in total. The molecule has 4 heterocycles. The highest BCUT2D eigenvalue weighted by Gasteiger charge is 2.28. The number of carbonyl (C=O) groups excluding carboxylic acids is 1. The van der Waals surface area contributed by atoms with Crippen LogP contribution in [0.15, 0.2) is 42.7 Å². The number of fused-ring (bicyclic) bond motifs is 1. The van der Waals surface area contributed by atoms with Crippen molar-refractivity contribution in [2.45, 2.75) is 20.3 Å². The van der Waals surface area contributed by atoms with Crippen LogP contribution < -0.4 is 9.64 Å². The lowest BCUT2D eigenvalue weighted by Crippen LogP contribution is -2.49. The smallest absolute Gasteiger partial charge is 0.272 e. The standard InChI is InChI=1S/C21H25N5O2/c1-3-16-19(26-11-7-8-17(28-4-2)20(26)23-16)21(27)25-14-12-24(13-15-25)18-9-5-6-10-22-18/h5-11H,3-4,12-15H2,1-2H3. The van der Waals surface area contributed by atoms with E-state index in [0.717, 1.165) is 24.6 Å². The Hall–Kier alpha value is -3.09. The lowest BCUT2D eigenvalue weighted by atomic mass is 10.2. The Kier molecular flexibility index (Phi) is 5.14. The minimum atomic E-state index is 0.0265. The first-order chi connectivity index (χ1) is 13.7. The van der Waals surface area contributed by atoms with Crippen molar-refractivity contribution in [3.05, 3.63) is 54.1 Å². The maximum atomic E-state index is 13.4. The molecule has 0 aromatic carbocycles. The summed E-state index contributed by atoms with van der Waals surface area (Å²) in [6.45, 7) is 7.40. The van der Waals surface area contributed by atoms with Gasteiger partial charge in [0.25, 0.3) is 5.91 Å². The number of imidazole rings is 1. The van der Waals surface area contributed by atoms with Gasteiger partial charge in [0, 0.05) is 38.6 Å². The first-order valence-corrected chi connectivity index (χ1v) is 9.81. The van der Waals surface area contributed by atoms with Crippen molar-refractivity contribution in [1.29, 1.82) is 0 Å². The molecule has 7 heteroatoms. The fourth-order valence-corrected chi connectivity index (χ4v) is 3.66. The van der Waals surface area contributed by atoms with Gasteiger partial charge in [-0.1, -0.05) is 13.0 Å². The van der Waals surface area contributed by atoms with Crippen molar-refractivity contribution in [2.75, 3.05) is 37.7 Å². The number of carbonyl (C=O) groups is 1. The number of aromatic nitrogens is 3. The number of amides is 1. The van der Waals surface area contributed by atoms with E-state index in [0.29, 0.717) is 43.2 Å². The van der Waals surface area contributed by atoms with Crippen LogP contribution in [0.4, 0.5) is 5.82 Å². The fraction of sp³-hybridized carbons (Fsp3) is 0.381. The van der Waals surface area contributed by atoms with Gasteiger partial charge in [0.1, 0.15) is 11.5 Å². The van der Waals surface area contributed by atoms with Crippen LogP contribution in [-0.2, 0) is 6.42 Å². The molecule has 28 heavy (non-hydrogen) atoms. The van der Waals surface area contributed by atoms with E-state index in [-0.39, 0.29) is 5.91 Å². The predicted molar refractivity (Wildman–Crippen MR) is 108 cm³/mol. The molecule has 1 amide bonds. The number of nitrogens with zero attached hydrogens (tertiary/aromatic N) is 5. The Morgan fingerprint density at radius 2 is 1.93 bits per heavy atom. The second kappa shape index (κ2) is 7.88. The molecule has 146 valence electrons. The lowest BCUT2D eigenvalue weighted by Gasteiger charge is -2.35. The Balaban J connectivity index is 1.58. The third-order valence-corrected chi connectivity index (χ3v) is 5.06. The summed E-state index contributed by atoms with van der Waals surface area (Å²) in [5.41, 5.74) is 2.16. The van der Waals surface area contributed by atoms with Crippen molar-refractivity contribution in [3.63, 3.8) is 0 Å². The predicted octanol–water partition coefficient (Wildman–Crippen LogP) is 2.65. The summed E-state index contributed by atoms with van der Waals surface area (Å²) in [5.74, 6) is 1.69. The summed E-state index contributed by atoms with van der Waals surface area (Å²) in [5, 5.41) is 0. The molecule has 0 atom stereocenters. The van der Waals surface area contributed by atoms with Gasteiger partial charge in [0.15, 0.2) is 11.4 Å². The molecular weight excluding hydrogens is 354 g/mol. The minimum absolute atomic E-state index is 0.0265. The van der Waals surface area contributed by atoms with E-state index >= 15 is 0 Å². The van der Waals surface area contributed by atoms with E-state index in [9.17, 15) is 4.79 Å². The summed E-state index contributed by atoms with van der Waals surface area (Å²) in [7, 11) is 0. The molecule has 3 aromatic heterocycles. The summed E-state index contributed by atoms with van der Waals surface area (Å²) in [4.78, 5) is 26.6. The summed E-state index contributed by atoms with van der Waals surface area (Å²) >= 11 is 0. The van der Waals surface area contributed by atoms with Crippen molar-refractivity contribution in [3.8, 4) is 5.75 Å². The Labute approximate surface area is 164 Å². The first-order valence-electron chi connectivity index (χ1n) is 9.81. The number of aryl methyl sites for hydroxylation is 1. The third kappa shape index (κ3) is 3.28. The van der Waals surface area contributed by atoms with Gasteiger partial charge in [-0.2, -0.15) is 0 Å². The SMILES string of the molecule is CCOc1cccn2c(C(=O)N3CCN(c4ccccn4)CC3)c(CC)nc12. The third-order valence-electron chi connectivity index (χ3n) is 5.06. The highest BCUT2D eigenvalue weighted by atomic mass is 16.5. The van der Waals surface area contributed by atoms with Gasteiger partial charge in [-0.05, 0) is 37.6 Å². The van der Waals surface area contributed by atoms with Crippen molar-refractivity contribution in [2.24, 2.45) is 0 Å². The summed E-state index contributed by atoms with van der Waals surface area (Å²) in [6.07, 6.45) is 4.39. The molecule has 4 rings (SSSR count). The highest BCUT2D eigenvalue weighted by molar-refractivity contribution is 5.95.